The summed E-state index contributed by atoms with van der Waals surface area (Å²) in [6, 6.07) is 19.8. The van der Waals surface area contributed by atoms with Crippen molar-refractivity contribution in [3.63, 3.8) is 0 Å². The van der Waals surface area contributed by atoms with Crippen molar-refractivity contribution < 1.29 is 23.1 Å². The molecule has 0 unspecified atom stereocenters. The molecule has 3 aromatic rings. The number of rotatable bonds is 8. The molecule has 3 rings (SSSR count). The van der Waals surface area contributed by atoms with E-state index in [1.54, 1.807) is 36.4 Å². The maximum absolute atomic E-state index is 12.6. The summed E-state index contributed by atoms with van der Waals surface area (Å²) in [4.78, 5) is 22.1. The molecule has 0 saturated carbocycles. The van der Waals surface area contributed by atoms with Gasteiger partial charge in [0.1, 0.15) is 0 Å². The number of nitrogens with one attached hydrogen (secondary N) is 2. The molecule has 0 aromatic heterocycles. The largest absolute Gasteiger partial charge is 0.478 e. The van der Waals surface area contributed by atoms with Gasteiger partial charge < -0.3 is 10.4 Å². The number of aryl methyl sites for hydroxylation is 2. The molecule has 0 atom stereocenters. The van der Waals surface area contributed by atoms with Gasteiger partial charge in [-0.2, -0.15) is 0 Å². The van der Waals surface area contributed by atoms with Gasteiger partial charge in [0, 0.05) is 18.3 Å². The second-order valence-corrected chi connectivity index (χ2v) is 8.69. The third-order valence-corrected chi connectivity index (χ3v) is 5.99. The van der Waals surface area contributed by atoms with Gasteiger partial charge in [0.2, 0.25) is 5.91 Å². The number of anilines is 2. The van der Waals surface area contributed by atoms with Crippen molar-refractivity contribution in [1.29, 1.82) is 0 Å². The Balaban J connectivity index is 1.60. The number of carbonyl (C=O) groups is 2. The molecule has 0 spiro atoms. The first-order chi connectivity index (χ1) is 14.7. The Morgan fingerprint density at radius 1 is 0.774 bits per heavy atom. The SMILES string of the molecule is CC(=O)Nc1ccc(S(=O)(=O)Nc2ccc(CCc3ccc(C(=O)O)cc3)cc2)cc1. The molecule has 7 nitrogen and oxygen atoms in total. The Morgan fingerprint density at radius 3 is 1.74 bits per heavy atom. The summed E-state index contributed by atoms with van der Waals surface area (Å²) in [5.74, 6) is -1.18. The van der Waals surface area contributed by atoms with Gasteiger partial charge in [-0.3, -0.25) is 9.52 Å². The number of carbonyl (C=O) groups excluding carboxylic acids is 1. The van der Waals surface area contributed by atoms with Crippen LogP contribution in [0.15, 0.2) is 77.7 Å². The van der Waals surface area contributed by atoms with Crippen molar-refractivity contribution in [1.82, 2.24) is 0 Å². The minimum Gasteiger partial charge on any atom is -0.478 e. The molecular weight excluding hydrogens is 416 g/mol. The lowest BCUT2D eigenvalue weighted by Crippen LogP contribution is -2.13. The molecule has 0 fully saturated rings. The maximum Gasteiger partial charge on any atom is 0.335 e. The van der Waals surface area contributed by atoms with Gasteiger partial charge in [-0.25, -0.2) is 13.2 Å². The van der Waals surface area contributed by atoms with Crippen LogP contribution in [-0.4, -0.2) is 25.4 Å². The highest BCUT2D eigenvalue weighted by atomic mass is 32.2. The van der Waals surface area contributed by atoms with Crippen molar-refractivity contribution in [2.24, 2.45) is 0 Å². The molecule has 0 aliphatic carbocycles. The number of hydrogen-bond acceptors (Lipinski definition) is 4. The van der Waals surface area contributed by atoms with Crippen LogP contribution < -0.4 is 10.0 Å². The number of aromatic carboxylic acids is 1. The van der Waals surface area contributed by atoms with E-state index in [4.69, 9.17) is 5.11 Å². The second kappa shape index (κ2) is 9.44. The second-order valence-electron chi connectivity index (χ2n) is 7.01. The number of hydrogen-bond donors (Lipinski definition) is 3. The van der Waals surface area contributed by atoms with Crippen molar-refractivity contribution in [3.05, 3.63) is 89.5 Å². The van der Waals surface area contributed by atoms with Crippen LogP contribution in [-0.2, 0) is 27.7 Å². The first kappa shape index (κ1) is 22.0. The highest BCUT2D eigenvalue weighted by Gasteiger charge is 2.14. The summed E-state index contributed by atoms with van der Waals surface area (Å²) < 4.78 is 27.7. The van der Waals surface area contributed by atoms with E-state index in [0.29, 0.717) is 11.4 Å². The van der Waals surface area contributed by atoms with Crippen LogP contribution in [0.5, 0.6) is 0 Å². The van der Waals surface area contributed by atoms with Crippen LogP contribution in [0.4, 0.5) is 11.4 Å². The molecule has 0 bridgehead atoms. The van der Waals surface area contributed by atoms with Crippen LogP contribution in [0.25, 0.3) is 0 Å². The lowest BCUT2D eigenvalue weighted by atomic mass is 10.0. The number of amides is 1. The summed E-state index contributed by atoms with van der Waals surface area (Å²) in [6.07, 6.45) is 1.48. The van der Waals surface area contributed by atoms with Crippen molar-refractivity contribution >= 4 is 33.3 Å². The zero-order valence-corrected chi connectivity index (χ0v) is 17.6. The first-order valence-electron chi connectivity index (χ1n) is 9.54. The van der Waals surface area contributed by atoms with E-state index in [9.17, 15) is 18.0 Å². The molecule has 0 aliphatic heterocycles. The number of benzene rings is 3. The number of carboxylic acids is 1. The summed E-state index contributed by atoms with van der Waals surface area (Å²) in [5, 5.41) is 11.5. The molecule has 1 amide bonds. The van der Waals surface area contributed by atoms with E-state index in [1.165, 1.54) is 31.2 Å². The fourth-order valence-corrected chi connectivity index (χ4v) is 4.04. The van der Waals surface area contributed by atoms with Crippen LogP contribution in [0.3, 0.4) is 0 Å². The average molecular weight is 439 g/mol. The van der Waals surface area contributed by atoms with Crippen molar-refractivity contribution in [2.75, 3.05) is 10.0 Å². The number of carboxylic acid groups (broad SMARTS) is 1. The molecule has 8 heteroatoms. The minimum atomic E-state index is -3.75. The van der Waals surface area contributed by atoms with Gasteiger partial charge in [-0.1, -0.05) is 24.3 Å². The van der Waals surface area contributed by atoms with E-state index in [0.717, 1.165) is 24.0 Å². The van der Waals surface area contributed by atoms with Crippen LogP contribution in [0, 0.1) is 0 Å². The molecular formula is C23H22N2O5S. The molecule has 0 aliphatic rings. The lowest BCUT2D eigenvalue weighted by Gasteiger charge is -2.10. The average Bonchev–Trinajstić information content (AvgIpc) is 2.73. The Morgan fingerprint density at radius 2 is 1.26 bits per heavy atom. The van der Waals surface area contributed by atoms with E-state index in [2.05, 4.69) is 10.0 Å². The van der Waals surface area contributed by atoms with Crippen molar-refractivity contribution in [2.45, 2.75) is 24.7 Å². The molecule has 31 heavy (non-hydrogen) atoms. The summed E-state index contributed by atoms with van der Waals surface area (Å²) in [6.45, 7) is 1.38. The Bertz CT molecular complexity index is 1170. The maximum atomic E-state index is 12.6. The smallest absolute Gasteiger partial charge is 0.335 e. The standard InChI is InChI=1S/C23H22N2O5S/c1-16(26)24-20-12-14-22(15-13-20)31(29,30)25-21-10-6-18(7-11-21)3-2-17-4-8-19(9-5-17)23(27)28/h4-15,25H,2-3H2,1H3,(H,24,26)(H,27,28). The first-order valence-corrected chi connectivity index (χ1v) is 11.0. The van der Waals surface area contributed by atoms with E-state index in [1.807, 2.05) is 12.1 Å². The Kier molecular flexibility index (Phi) is 6.71. The minimum absolute atomic E-state index is 0.0930. The predicted molar refractivity (Wildman–Crippen MR) is 119 cm³/mol. The topological polar surface area (TPSA) is 113 Å². The predicted octanol–water partition coefficient (Wildman–Crippen LogP) is 3.93. The zero-order chi connectivity index (χ0) is 22.4. The molecule has 0 heterocycles. The Hall–Kier alpha value is -3.65. The van der Waals surface area contributed by atoms with Gasteiger partial charge in [0.15, 0.2) is 0 Å². The van der Waals surface area contributed by atoms with Crippen LogP contribution >= 0.6 is 0 Å². The zero-order valence-electron chi connectivity index (χ0n) is 16.8. The van der Waals surface area contributed by atoms with E-state index in [-0.39, 0.29) is 16.4 Å². The van der Waals surface area contributed by atoms with Gasteiger partial charge in [0.25, 0.3) is 10.0 Å². The summed E-state index contributed by atoms with van der Waals surface area (Å²) in [7, 11) is -3.75. The molecule has 3 N–H and O–H groups in total. The molecule has 160 valence electrons. The van der Waals surface area contributed by atoms with Crippen molar-refractivity contribution in [3.8, 4) is 0 Å². The summed E-state index contributed by atoms with van der Waals surface area (Å²) >= 11 is 0. The fourth-order valence-electron chi connectivity index (χ4n) is 2.98. The number of sulfonamides is 1. The van der Waals surface area contributed by atoms with Gasteiger partial charge in [-0.15, -0.1) is 0 Å². The molecule has 0 saturated heterocycles. The third-order valence-electron chi connectivity index (χ3n) is 4.59. The highest BCUT2D eigenvalue weighted by Crippen LogP contribution is 2.19. The van der Waals surface area contributed by atoms with Crippen LogP contribution in [0.1, 0.15) is 28.4 Å². The monoisotopic (exact) mass is 438 g/mol. The molecule has 0 radical (unpaired) electrons. The quantitative estimate of drug-likeness (QED) is 0.493. The molecule has 3 aromatic carbocycles. The van der Waals surface area contributed by atoms with Gasteiger partial charge >= 0.3 is 5.97 Å². The van der Waals surface area contributed by atoms with Gasteiger partial charge in [-0.05, 0) is 72.5 Å². The fraction of sp³-hybridized carbons (Fsp3) is 0.130. The van der Waals surface area contributed by atoms with Crippen LogP contribution in [0.2, 0.25) is 0 Å². The summed E-state index contributed by atoms with van der Waals surface area (Å²) in [5.41, 5.74) is 3.28. The highest BCUT2D eigenvalue weighted by molar-refractivity contribution is 7.92. The van der Waals surface area contributed by atoms with E-state index >= 15 is 0 Å². The normalized spacial score (nSPS) is 11.0. The van der Waals surface area contributed by atoms with E-state index < -0.39 is 16.0 Å². The third kappa shape index (κ3) is 6.16. The van der Waals surface area contributed by atoms with Gasteiger partial charge in [0.05, 0.1) is 10.5 Å². The lowest BCUT2D eigenvalue weighted by molar-refractivity contribution is -0.114. The Labute approximate surface area is 180 Å².